The van der Waals surface area contributed by atoms with E-state index in [-0.39, 0.29) is 11.8 Å². The van der Waals surface area contributed by atoms with E-state index in [0.717, 1.165) is 11.3 Å². The zero-order valence-electron chi connectivity index (χ0n) is 13.6. The first-order valence-corrected chi connectivity index (χ1v) is 7.70. The fraction of sp³-hybridized carbons (Fsp3) is 0.529. The fourth-order valence-electron chi connectivity index (χ4n) is 2.64. The number of ether oxygens (including phenoxy) is 1. The molecular formula is C17H24N2O3. The van der Waals surface area contributed by atoms with Crippen molar-refractivity contribution in [3.8, 4) is 5.75 Å². The van der Waals surface area contributed by atoms with Crippen LogP contribution in [0.1, 0.15) is 24.5 Å². The van der Waals surface area contributed by atoms with Crippen molar-refractivity contribution in [2.75, 3.05) is 32.8 Å². The second-order valence-corrected chi connectivity index (χ2v) is 5.75. The van der Waals surface area contributed by atoms with Gasteiger partial charge in [0.15, 0.2) is 0 Å². The Hall–Kier alpha value is -2.04. The van der Waals surface area contributed by atoms with Gasteiger partial charge in [-0.05, 0) is 25.5 Å². The summed E-state index contributed by atoms with van der Waals surface area (Å²) in [6.07, 6.45) is 0.368. The van der Waals surface area contributed by atoms with Gasteiger partial charge in [-0.15, -0.1) is 0 Å². The second kappa shape index (κ2) is 7.29. The van der Waals surface area contributed by atoms with E-state index in [2.05, 4.69) is 6.07 Å². The Labute approximate surface area is 131 Å². The van der Waals surface area contributed by atoms with Gasteiger partial charge in [0, 0.05) is 33.1 Å². The maximum absolute atomic E-state index is 12.1. The molecule has 0 N–H and O–H groups in total. The lowest BCUT2D eigenvalue weighted by Crippen LogP contribution is -2.50. The molecule has 1 heterocycles. The van der Waals surface area contributed by atoms with Gasteiger partial charge in [-0.2, -0.15) is 0 Å². The van der Waals surface area contributed by atoms with Crippen LogP contribution < -0.4 is 4.74 Å². The number of carbonyl (C=O) groups is 2. The van der Waals surface area contributed by atoms with Gasteiger partial charge in [0.25, 0.3) is 0 Å². The maximum Gasteiger partial charge on any atom is 0.226 e. The van der Waals surface area contributed by atoms with Gasteiger partial charge >= 0.3 is 0 Å². The molecule has 1 aliphatic heterocycles. The molecule has 5 heteroatoms. The number of carbonyl (C=O) groups excluding carboxylic acids is 2. The average molecular weight is 304 g/mol. The van der Waals surface area contributed by atoms with Crippen LogP contribution in [0.4, 0.5) is 0 Å². The zero-order chi connectivity index (χ0) is 16.1. The van der Waals surface area contributed by atoms with Crippen LogP contribution >= 0.6 is 0 Å². The van der Waals surface area contributed by atoms with Gasteiger partial charge in [0.2, 0.25) is 11.8 Å². The van der Waals surface area contributed by atoms with E-state index in [4.69, 9.17) is 4.74 Å². The van der Waals surface area contributed by atoms with Gasteiger partial charge < -0.3 is 14.5 Å². The number of nitrogens with zero attached hydrogens (tertiary/aromatic N) is 2. The number of piperazine rings is 1. The van der Waals surface area contributed by atoms with E-state index in [1.165, 1.54) is 5.56 Å². The molecule has 0 bridgehead atoms. The summed E-state index contributed by atoms with van der Waals surface area (Å²) in [6.45, 7) is 8.47. The monoisotopic (exact) mass is 304 g/mol. The van der Waals surface area contributed by atoms with Crippen molar-refractivity contribution in [3.63, 3.8) is 0 Å². The molecule has 120 valence electrons. The number of hydrogen-bond acceptors (Lipinski definition) is 3. The minimum atomic E-state index is 0.0743. The van der Waals surface area contributed by atoms with Crippen LogP contribution in [-0.4, -0.2) is 54.4 Å². The first-order chi connectivity index (χ1) is 10.5. The predicted octanol–water partition coefficient (Wildman–Crippen LogP) is 1.76. The summed E-state index contributed by atoms with van der Waals surface area (Å²) in [6, 6.07) is 6.02. The van der Waals surface area contributed by atoms with E-state index in [0.29, 0.717) is 39.2 Å². The Morgan fingerprint density at radius 2 is 1.73 bits per heavy atom. The normalized spacial score (nSPS) is 14.9. The smallest absolute Gasteiger partial charge is 0.226 e. The molecular weight excluding hydrogens is 280 g/mol. The van der Waals surface area contributed by atoms with Crippen LogP contribution in [0.3, 0.4) is 0 Å². The summed E-state index contributed by atoms with van der Waals surface area (Å²) in [5.74, 6) is 0.998. The summed E-state index contributed by atoms with van der Waals surface area (Å²) in [5, 5.41) is 0. The highest BCUT2D eigenvalue weighted by Crippen LogP contribution is 2.18. The number of hydrogen-bond donors (Lipinski definition) is 0. The van der Waals surface area contributed by atoms with Crippen LogP contribution in [0.5, 0.6) is 5.75 Å². The topological polar surface area (TPSA) is 49.9 Å². The number of rotatable bonds is 4. The van der Waals surface area contributed by atoms with Crippen molar-refractivity contribution in [1.29, 1.82) is 0 Å². The summed E-state index contributed by atoms with van der Waals surface area (Å²) in [7, 11) is 0. The van der Waals surface area contributed by atoms with E-state index in [9.17, 15) is 9.59 Å². The highest BCUT2D eigenvalue weighted by molar-refractivity contribution is 5.77. The molecule has 0 atom stereocenters. The van der Waals surface area contributed by atoms with Crippen molar-refractivity contribution >= 4 is 11.8 Å². The van der Waals surface area contributed by atoms with E-state index < -0.39 is 0 Å². The molecule has 0 unspecified atom stereocenters. The Morgan fingerprint density at radius 1 is 1.09 bits per heavy atom. The third-order valence-electron chi connectivity index (χ3n) is 3.98. The van der Waals surface area contributed by atoms with Crippen molar-refractivity contribution in [1.82, 2.24) is 9.80 Å². The minimum Gasteiger partial charge on any atom is -0.493 e. The summed E-state index contributed by atoms with van der Waals surface area (Å²) < 4.78 is 5.70. The maximum atomic E-state index is 12.1. The Morgan fingerprint density at radius 3 is 2.32 bits per heavy atom. The van der Waals surface area contributed by atoms with E-state index in [1.807, 2.05) is 30.9 Å². The van der Waals surface area contributed by atoms with Gasteiger partial charge in [-0.3, -0.25) is 9.59 Å². The summed E-state index contributed by atoms with van der Waals surface area (Å²) >= 11 is 0. The Balaban J connectivity index is 1.75. The van der Waals surface area contributed by atoms with Gasteiger partial charge in [0.1, 0.15) is 5.75 Å². The first-order valence-electron chi connectivity index (χ1n) is 7.70. The van der Waals surface area contributed by atoms with Gasteiger partial charge in [0.05, 0.1) is 13.0 Å². The van der Waals surface area contributed by atoms with Crippen LogP contribution in [0.15, 0.2) is 18.2 Å². The third kappa shape index (κ3) is 4.23. The molecule has 2 rings (SSSR count). The van der Waals surface area contributed by atoms with Crippen LogP contribution in [0, 0.1) is 13.8 Å². The Kier molecular flexibility index (Phi) is 5.41. The largest absolute Gasteiger partial charge is 0.493 e. The molecule has 1 fully saturated rings. The molecule has 0 radical (unpaired) electrons. The third-order valence-corrected chi connectivity index (χ3v) is 3.98. The average Bonchev–Trinajstić information content (AvgIpc) is 2.49. The molecule has 5 nitrogen and oxygen atoms in total. The molecule has 0 aromatic heterocycles. The molecule has 1 aromatic carbocycles. The number of aryl methyl sites for hydroxylation is 2. The molecule has 0 aliphatic carbocycles. The number of amides is 2. The molecule has 1 aromatic rings. The zero-order valence-corrected chi connectivity index (χ0v) is 13.6. The van der Waals surface area contributed by atoms with E-state index in [1.54, 1.807) is 11.8 Å². The van der Waals surface area contributed by atoms with Crippen molar-refractivity contribution in [2.45, 2.75) is 27.2 Å². The van der Waals surface area contributed by atoms with E-state index >= 15 is 0 Å². The molecule has 22 heavy (non-hydrogen) atoms. The molecule has 1 saturated heterocycles. The molecule has 0 saturated carbocycles. The van der Waals surface area contributed by atoms with Crippen LogP contribution in [-0.2, 0) is 9.59 Å². The lowest BCUT2D eigenvalue weighted by Gasteiger charge is -2.34. The molecule has 1 aliphatic rings. The lowest BCUT2D eigenvalue weighted by atomic mass is 10.1. The number of benzene rings is 1. The summed E-state index contributed by atoms with van der Waals surface area (Å²) in [4.78, 5) is 27.0. The standard InChI is InChI=1S/C17H24N2O3/c1-13-4-5-16(14(2)12-13)22-11-6-17(21)19-9-7-18(8-10-19)15(3)20/h4-5,12H,6-11H2,1-3H3. The van der Waals surface area contributed by atoms with Crippen LogP contribution in [0.25, 0.3) is 0 Å². The first kappa shape index (κ1) is 16.3. The SMILES string of the molecule is CC(=O)N1CCN(C(=O)CCOc2ccc(C)cc2C)CC1. The predicted molar refractivity (Wildman–Crippen MR) is 84.9 cm³/mol. The highest BCUT2D eigenvalue weighted by Gasteiger charge is 2.22. The fourth-order valence-corrected chi connectivity index (χ4v) is 2.64. The quantitative estimate of drug-likeness (QED) is 0.852. The lowest BCUT2D eigenvalue weighted by molar-refractivity contribution is -0.138. The van der Waals surface area contributed by atoms with Gasteiger partial charge in [-0.1, -0.05) is 17.7 Å². The summed E-state index contributed by atoms with van der Waals surface area (Å²) in [5.41, 5.74) is 2.28. The van der Waals surface area contributed by atoms with Gasteiger partial charge in [-0.25, -0.2) is 0 Å². The molecule has 2 amide bonds. The minimum absolute atomic E-state index is 0.0743. The highest BCUT2D eigenvalue weighted by atomic mass is 16.5. The Bertz CT molecular complexity index is 549. The molecule has 0 spiro atoms. The van der Waals surface area contributed by atoms with Crippen LogP contribution in [0.2, 0.25) is 0 Å². The van der Waals surface area contributed by atoms with Crippen molar-refractivity contribution in [3.05, 3.63) is 29.3 Å². The van der Waals surface area contributed by atoms with Crippen molar-refractivity contribution in [2.24, 2.45) is 0 Å². The second-order valence-electron chi connectivity index (χ2n) is 5.75. The van der Waals surface area contributed by atoms with Crippen molar-refractivity contribution < 1.29 is 14.3 Å².